The van der Waals surface area contributed by atoms with Crippen LogP contribution in [0.1, 0.15) is 39.9 Å². The van der Waals surface area contributed by atoms with Gasteiger partial charge in [-0.25, -0.2) is 8.42 Å². The molecule has 1 fully saturated rings. The van der Waals surface area contributed by atoms with Crippen LogP contribution in [0.2, 0.25) is 0 Å². The summed E-state index contributed by atoms with van der Waals surface area (Å²) in [7, 11) is -3.51. The molecule has 0 saturated carbocycles. The number of nitrogens with one attached hydrogen (secondary N) is 1. The zero-order valence-electron chi connectivity index (χ0n) is 19.2. The van der Waals surface area contributed by atoms with Gasteiger partial charge in [0.2, 0.25) is 15.9 Å². The minimum absolute atomic E-state index is 0.0569. The molecule has 0 spiro atoms. The molecule has 2 aromatic rings. The number of carbonyl (C=O) groups is 2. The van der Waals surface area contributed by atoms with Gasteiger partial charge in [0.1, 0.15) is 0 Å². The summed E-state index contributed by atoms with van der Waals surface area (Å²) in [5.74, 6) is -0.728. The van der Waals surface area contributed by atoms with E-state index >= 15 is 0 Å². The summed E-state index contributed by atoms with van der Waals surface area (Å²) >= 11 is 0. The van der Waals surface area contributed by atoms with E-state index in [1.807, 2.05) is 56.3 Å². The average molecular weight is 470 g/mol. The number of rotatable bonds is 6. The Labute approximate surface area is 195 Å². The quantitative estimate of drug-likeness (QED) is 0.705. The third-order valence-corrected chi connectivity index (χ3v) is 8.16. The molecule has 8 heteroatoms. The summed E-state index contributed by atoms with van der Waals surface area (Å²) in [6, 6.07) is 13.3. The van der Waals surface area contributed by atoms with E-state index < -0.39 is 10.0 Å². The third-order valence-electron chi connectivity index (χ3n) is 6.39. The van der Waals surface area contributed by atoms with E-state index in [0.717, 1.165) is 28.8 Å². The zero-order valence-corrected chi connectivity index (χ0v) is 20.0. The van der Waals surface area contributed by atoms with E-state index in [1.54, 1.807) is 4.90 Å². The number of likely N-dealkylation sites (tertiary alicyclic amines) is 1. The SMILES string of the molecule is Cc1cc(C)cc(C(=O)N2CCCC(C(=O)NCCS(=O)(=O)N3CCc4ccccc43)C2)c1. The van der Waals surface area contributed by atoms with Crippen LogP contribution in [0.3, 0.4) is 0 Å². The number of amides is 2. The number of anilines is 1. The average Bonchev–Trinajstić information content (AvgIpc) is 3.23. The van der Waals surface area contributed by atoms with Crippen LogP contribution < -0.4 is 9.62 Å². The molecule has 0 radical (unpaired) electrons. The van der Waals surface area contributed by atoms with Gasteiger partial charge in [0.05, 0.1) is 17.4 Å². The van der Waals surface area contributed by atoms with Crippen LogP contribution >= 0.6 is 0 Å². The van der Waals surface area contributed by atoms with E-state index in [9.17, 15) is 18.0 Å². The molecule has 2 aliphatic heterocycles. The van der Waals surface area contributed by atoms with Crippen LogP contribution in [-0.2, 0) is 21.2 Å². The smallest absolute Gasteiger partial charge is 0.253 e. The normalized spacial score (nSPS) is 18.2. The van der Waals surface area contributed by atoms with Crippen molar-refractivity contribution in [1.29, 1.82) is 0 Å². The lowest BCUT2D eigenvalue weighted by atomic mass is 9.96. The summed E-state index contributed by atoms with van der Waals surface area (Å²) in [4.78, 5) is 27.5. The van der Waals surface area contributed by atoms with Gasteiger partial charge in [-0.3, -0.25) is 13.9 Å². The van der Waals surface area contributed by atoms with Crippen molar-refractivity contribution in [2.75, 3.05) is 36.2 Å². The molecule has 1 atom stereocenters. The molecule has 7 nitrogen and oxygen atoms in total. The number of aryl methyl sites for hydroxylation is 2. The minimum atomic E-state index is -3.51. The van der Waals surface area contributed by atoms with E-state index in [0.29, 0.717) is 38.0 Å². The number of carbonyl (C=O) groups excluding carboxylic acids is 2. The van der Waals surface area contributed by atoms with E-state index in [2.05, 4.69) is 5.32 Å². The number of nitrogens with zero attached hydrogens (tertiary/aromatic N) is 2. The molecule has 4 rings (SSSR count). The Bertz CT molecular complexity index is 1140. The zero-order chi connectivity index (χ0) is 23.6. The van der Waals surface area contributed by atoms with Gasteiger partial charge in [-0.05, 0) is 56.9 Å². The van der Waals surface area contributed by atoms with E-state index in [1.165, 1.54) is 4.31 Å². The Morgan fingerprint density at radius 2 is 1.79 bits per heavy atom. The van der Waals surface area contributed by atoms with Crippen LogP contribution in [0.5, 0.6) is 0 Å². The van der Waals surface area contributed by atoms with Crippen LogP contribution in [-0.4, -0.2) is 57.1 Å². The van der Waals surface area contributed by atoms with Gasteiger partial charge < -0.3 is 10.2 Å². The molecule has 0 aromatic heterocycles. The lowest BCUT2D eigenvalue weighted by Gasteiger charge is -2.32. The van der Waals surface area contributed by atoms with Crippen molar-refractivity contribution < 1.29 is 18.0 Å². The molecule has 2 amide bonds. The van der Waals surface area contributed by atoms with Gasteiger partial charge in [-0.1, -0.05) is 35.4 Å². The second-order valence-electron chi connectivity index (χ2n) is 9.02. The highest BCUT2D eigenvalue weighted by Crippen LogP contribution is 2.30. The first kappa shape index (κ1) is 23.3. The number of benzene rings is 2. The maximum absolute atomic E-state index is 13.0. The monoisotopic (exact) mass is 469 g/mol. The molecule has 1 saturated heterocycles. The molecule has 0 aliphatic carbocycles. The molecular weight excluding hydrogens is 438 g/mol. The van der Waals surface area contributed by atoms with Gasteiger partial charge in [-0.15, -0.1) is 0 Å². The van der Waals surface area contributed by atoms with Crippen molar-refractivity contribution in [3.8, 4) is 0 Å². The maximum Gasteiger partial charge on any atom is 0.253 e. The molecular formula is C25H31N3O4S. The van der Waals surface area contributed by atoms with Crippen molar-refractivity contribution in [2.24, 2.45) is 5.92 Å². The van der Waals surface area contributed by atoms with Gasteiger partial charge in [0, 0.05) is 31.7 Å². The van der Waals surface area contributed by atoms with Crippen molar-refractivity contribution in [3.63, 3.8) is 0 Å². The molecule has 33 heavy (non-hydrogen) atoms. The summed E-state index contributed by atoms with van der Waals surface area (Å²) in [5, 5.41) is 2.79. The number of fused-ring (bicyclic) bond motifs is 1. The standard InChI is InChI=1S/C25H31N3O4S/c1-18-14-19(2)16-22(15-18)25(30)27-11-5-7-21(17-27)24(29)26-10-13-33(31,32)28-12-9-20-6-3-4-8-23(20)28/h3-4,6,8,14-16,21H,5,7,9-13,17H2,1-2H3,(H,26,29). The van der Waals surface area contributed by atoms with Gasteiger partial charge in [-0.2, -0.15) is 0 Å². The van der Waals surface area contributed by atoms with E-state index in [4.69, 9.17) is 0 Å². The van der Waals surface area contributed by atoms with Gasteiger partial charge in [0.15, 0.2) is 0 Å². The lowest BCUT2D eigenvalue weighted by molar-refractivity contribution is -0.126. The fraction of sp³-hybridized carbons (Fsp3) is 0.440. The molecule has 176 valence electrons. The Morgan fingerprint density at radius 1 is 1.06 bits per heavy atom. The number of piperidine rings is 1. The fourth-order valence-corrected chi connectivity index (χ4v) is 6.24. The van der Waals surface area contributed by atoms with Gasteiger partial charge >= 0.3 is 0 Å². The highest BCUT2D eigenvalue weighted by atomic mass is 32.2. The largest absolute Gasteiger partial charge is 0.355 e. The lowest BCUT2D eigenvalue weighted by Crippen LogP contribution is -2.46. The van der Waals surface area contributed by atoms with Crippen molar-refractivity contribution in [2.45, 2.75) is 33.1 Å². The molecule has 1 N–H and O–H groups in total. The van der Waals surface area contributed by atoms with Crippen LogP contribution in [0, 0.1) is 19.8 Å². The van der Waals surface area contributed by atoms with Crippen molar-refractivity contribution in [1.82, 2.24) is 10.2 Å². The first-order valence-corrected chi connectivity index (χ1v) is 13.1. The minimum Gasteiger partial charge on any atom is -0.355 e. The Balaban J connectivity index is 1.32. The summed E-state index contributed by atoms with van der Waals surface area (Å²) in [5.41, 5.74) is 4.47. The van der Waals surface area contributed by atoms with Crippen LogP contribution in [0.4, 0.5) is 5.69 Å². The highest BCUT2D eigenvalue weighted by Gasteiger charge is 2.31. The second-order valence-corrected chi connectivity index (χ2v) is 11.0. The number of sulfonamides is 1. The first-order chi connectivity index (χ1) is 15.7. The molecule has 2 aromatic carbocycles. The summed E-state index contributed by atoms with van der Waals surface area (Å²) < 4.78 is 27.1. The Kier molecular flexibility index (Phi) is 6.74. The van der Waals surface area contributed by atoms with Crippen LogP contribution in [0.15, 0.2) is 42.5 Å². The Hall–Kier alpha value is -2.87. The predicted molar refractivity (Wildman–Crippen MR) is 129 cm³/mol. The highest BCUT2D eigenvalue weighted by molar-refractivity contribution is 7.92. The summed E-state index contributed by atoms with van der Waals surface area (Å²) in [6.45, 7) is 5.40. The fourth-order valence-electron chi connectivity index (χ4n) is 4.81. The van der Waals surface area contributed by atoms with E-state index in [-0.39, 0.29) is 30.0 Å². The molecule has 1 unspecified atom stereocenters. The second kappa shape index (κ2) is 9.55. The van der Waals surface area contributed by atoms with Crippen molar-refractivity contribution in [3.05, 3.63) is 64.7 Å². The maximum atomic E-state index is 13.0. The van der Waals surface area contributed by atoms with Gasteiger partial charge in [0.25, 0.3) is 5.91 Å². The number of hydrogen-bond donors (Lipinski definition) is 1. The predicted octanol–water partition coefficient (Wildman–Crippen LogP) is 2.66. The summed E-state index contributed by atoms with van der Waals surface area (Å²) in [6.07, 6.45) is 2.14. The molecule has 2 aliphatic rings. The molecule has 2 heterocycles. The van der Waals surface area contributed by atoms with Crippen LogP contribution in [0.25, 0.3) is 0 Å². The topological polar surface area (TPSA) is 86.8 Å². The van der Waals surface area contributed by atoms with Crippen molar-refractivity contribution >= 4 is 27.5 Å². The number of para-hydroxylation sites is 1. The third kappa shape index (κ3) is 5.21. The number of hydrogen-bond acceptors (Lipinski definition) is 4. The first-order valence-electron chi connectivity index (χ1n) is 11.5. The Morgan fingerprint density at radius 3 is 2.55 bits per heavy atom. The molecule has 0 bridgehead atoms.